The van der Waals surface area contributed by atoms with E-state index in [1.54, 1.807) is 36.4 Å². The molecule has 0 saturated carbocycles. The number of aliphatic carboxylic acids is 1. The highest BCUT2D eigenvalue weighted by Gasteiger charge is 2.17. The number of benzene rings is 2. The van der Waals surface area contributed by atoms with Crippen LogP contribution in [0.5, 0.6) is 5.75 Å². The Kier molecular flexibility index (Phi) is 5.65. The lowest BCUT2D eigenvalue weighted by molar-refractivity contribution is -0.131. The van der Waals surface area contributed by atoms with E-state index < -0.39 is 5.97 Å². The number of hydrogen-bond donors (Lipinski definition) is 2. The molecule has 0 saturated heterocycles. The molecule has 2 N–H and O–H groups in total. The second-order valence-electron chi connectivity index (χ2n) is 5.00. The third-order valence-electron chi connectivity index (χ3n) is 3.18. The van der Waals surface area contributed by atoms with Crippen LogP contribution in [0, 0.1) is 0 Å². The van der Waals surface area contributed by atoms with Gasteiger partial charge in [0.05, 0.1) is 0 Å². The summed E-state index contributed by atoms with van der Waals surface area (Å²) in [5.74, 6) is -0.972. The van der Waals surface area contributed by atoms with Gasteiger partial charge in [0, 0.05) is 20.6 Å². The highest BCUT2D eigenvalue weighted by Crippen LogP contribution is 2.32. The summed E-state index contributed by atoms with van der Waals surface area (Å²) >= 11 is 9.91. The third kappa shape index (κ3) is 4.46. The number of aromatic nitrogens is 2. The van der Waals surface area contributed by atoms with Crippen molar-refractivity contribution in [2.45, 2.75) is 5.22 Å². The normalized spacial score (nSPS) is 11.5. The Balaban J connectivity index is 1.87. The molecule has 3 aromatic rings. The average molecular weight is 454 g/mol. The molecule has 0 aliphatic rings. The molecule has 0 bridgehead atoms. The number of nitrogens with zero attached hydrogens (tertiary/aromatic N) is 2. The summed E-state index contributed by atoms with van der Waals surface area (Å²) in [6.07, 6.45) is 1.33. The van der Waals surface area contributed by atoms with Crippen LogP contribution in [0.2, 0.25) is 5.02 Å². The van der Waals surface area contributed by atoms with E-state index in [4.69, 9.17) is 16.0 Å². The van der Waals surface area contributed by atoms with Gasteiger partial charge >= 0.3 is 5.97 Å². The molecule has 2 aromatic carbocycles. The zero-order valence-electron chi connectivity index (χ0n) is 12.9. The quantitative estimate of drug-likeness (QED) is 0.411. The van der Waals surface area contributed by atoms with Crippen molar-refractivity contribution in [2.75, 3.05) is 0 Å². The largest absolute Gasteiger partial charge is 0.507 e. The van der Waals surface area contributed by atoms with E-state index in [1.807, 2.05) is 0 Å². The smallest absolute Gasteiger partial charge is 0.342 e. The van der Waals surface area contributed by atoms with E-state index >= 15 is 0 Å². The Morgan fingerprint density at radius 2 is 1.92 bits per heavy atom. The predicted molar refractivity (Wildman–Crippen MR) is 102 cm³/mol. The fraction of sp³-hybridized carbons (Fsp3) is 0. The van der Waals surface area contributed by atoms with Crippen LogP contribution in [-0.2, 0) is 4.79 Å². The summed E-state index contributed by atoms with van der Waals surface area (Å²) in [5.41, 5.74) is 1.01. The van der Waals surface area contributed by atoms with Crippen LogP contribution in [-0.4, -0.2) is 26.4 Å². The fourth-order valence-electron chi connectivity index (χ4n) is 1.97. The number of phenols is 1. The van der Waals surface area contributed by atoms with Gasteiger partial charge in [-0.25, -0.2) is 4.79 Å². The van der Waals surface area contributed by atoms with Crippen LogP contribution in [0.4, 0.5) is 0 Å². The van der Waals surface area contributed by atoms with Gasteiger partial charge in [0.1, 0.15) is 10.7 Å². The molecule has 0 amide bonds. The van der Waals surface area contributed by atoms with Gasteiger partial charge < -0.3 is 14.6 Å². The second kappa shape index (κ2) is 7.94. The fourth-order valence-corrected chi connectivity index (χ4v) is 3.14. The summed E-state index contributed by atoms with van der Waals surface area (Å²) in [5, 5.41) is 27.7. The van der Waals surface area contributed by atoms with Gasteiger partial charge in [-0.05, 0) is 60.3 Å². The molecular weight excluding hydrogens is 444 g/mol. The molecule has 0 unspecified atom stereocenters. The van der Waals surface area contributed by atoms with E-state index in [9.17, 15) is 15.0 Å². The van der Waals surface area contributed by atoms with Crippen LogP contribution in [0.1, 0.15) is 5.56 Å². The minimum atomic E-state index is -1.18. The van der Waals surface area contributed by atoms with Crippen molar-refractivity contribution in [1.82, 2.24) is 10.2 Å². The Labute approximate surface area is 165 Å². The minimum absolute atomic E-state index is 0.0417. The van der Waals surface area contributed by atoms with Crippen LogP contribution < -0.4 is 0 Å². The van der Waals surface area contributed by atoms with E-state index in [1.165, 1.54) is 12.1 Å². The zero-order chi connectivity index (χ0) is 18.7. The molecule has 132 valence electrons. The molecule has 0 atom stereocenters. The number of hydrogen-bond acceptors (Lipinski definition) is 6. The standard InChI is InChI=1S/C17H10BrClN2O4S/c18-11-3-6-13(22)10(7-11)8-14(16(23)24)26-17-21-20-15(25-17)9-1-4-12(19)5-2-9/h1-8,22H,(H,23,24)/b14-8-. The summed E-state index contributed by atoms with van der Waals surface area (Å²) in [7, 11) is 0. The van der Waals surface area contributed by atoms with Crippen LogP contribution in [0.3, 0.4) is 0 Å². The molecule has 26 heavy (non-hydrogen) atoms. The first kappa shape index (κ1) is 18.5. The Morgan fingerprint density at radius 3 is 2.62 bits per heavy atom. The number of phenolic OH excluding ortho intramolecular Hbond substituents is 1. The van der Waals surface area contributed by atoms with Crippen molar-refractivity contribution in [1.29, 1.82) is 0 Å². The van der Waals surface area contributed by atoms with E-state index in [-0.39, 0.29) is 21.8 Å². The zero-order valence-corrected chi connectivity index (χ0v) is 16.0. The highest BCUT2D eigenvalue weighted by atomic mass is 79.9. The SMILES string of the molecule is O=C(O)/C(=C/c1cc(Br)ccc1O)Sc1nnc(-c2ccc(Cl)cc2)o1. The van der Waals surface area contributed by atoms with Crippen molar-refractivity contribution in [2.24, 2.45) is 0 Å². The number of halogens is 2. The van der Waals surface area contributed by atoms with Gasteiger partial charge in [-0.2, -0.15) is 0 Å². The Morgan fingerprint density at radius 1 is 1.19 bits per heavy atom. The maximum absolute atomic E-state index is 11.5. The number of aromatic hydroxyl groups is 1. The predicted octanol–water partition coefficient (Wildman–Crippen LogP) is 5.08. The summed E-state index contributed by atoms with van der Waals surface area (Å²) in [4.78, 5) is 11.5. The third-order valence-corrected chi connectivity index (χ3v) is 4.78. The first-order chi connectivity index (χ1) is 12.4. The Hall–Kier alpha value is -2.29. The van der Waals surface area contributed by atoms with Crippen molar-refractivity contribution in [3.05, 3.63) is 62.4 Å². The summed E-state index contributed by atoms with van der Waals surface area (Å²) in [6, 6.07) is 11.5. The molecule has 9 heteroatoms. The highest BCUT2D eigenvalue weighted by molar-refractivity contribution is 9.10. The molecule has 0 fully saturated rings. The first-order valence-corrected chi connectivity index (χ1v) is 9.12. The lowest BCUT2D eigenvalue weighted by atomic mass is 10.2. The van der Waals surface area contributed by atoms with Crippen LogP contribution in [0.15, 0.2) is 61.5 Å². The minimum Gasteiger partial charge on any atom is -0.507 e. The van der Waals surface area contributed by atoms with Gasteiger partial charge in [-0.3, -0.25) is 0 Å². The van der Waals surface area contributed by atoms with E-state index in [0.29, 0.717) is 20.6 Å². The maximum Gasteiger partial charge on any atom is 0.342 e. The molecule has 0 radical (unpaired) electrons. The van der Waals surface area contributed by atoms with Crippen molar-refractivity contribution < 1.29 is 19.4 Å². The molecule has 0 aliphatic carbocycles. The number of rotatable bonds is 5. The number of carboxylic acid groups (broad SMARTS) is 1. The van der Waals surface area contributed by atoms with E-state index in [0.717, 1.165) is 11.8 Å². The second-order valence-corrected chi connectivity index (χ2v) is 7.34. The molecule has 0 spiro atoms. The number of carbonyl (C=O) groups is 1. The van der Waals surface area contributed by atoms with Gasteiger partial charge in [0.25, 0.3) is 5.22 Å². The average Bonchev–Trinajstić information content (AvgIpc) is 3.06. The lowest BCUT2D eigenvalue weighted by Gasteiger charge is -2.02. The van der Waals surface area contributed by atoms with Crippen molar-refractivity contribution in [3.8, 4) is 17.2 Å². The van der Waals surface area contributed by atoms with Crippen molar-refractivity contribution in [3.63, 3.8) is 0 Å². The topological polar surface area (TPSA) is 96.5 Å². The maximum atomic E-state index is 11.5. The summed E-state index contributed by atoms with van der Waals surface area (Å²) in [6.45, 7) is 0. The molecule has 1 aromatic heterocycles. The molecule has 1 heterocycles. The monoisotopic (exact) mass is 452 g/mol. The van der Waals surface area contributed by atoms with Gasteiger partial charge in [0.2, 0.25) is 5.89 Å². The van der Waals surface area contributed by atoms with Gasteiger partial charge in [-0.15, -0.1) is 10.2 Å². The molecule has 6 nitrogen and oxygen atoms in total. The Bertz CT molecular complexity index is 989. The van der Waals surface area contributed by atoms with Gasteiger partial charge in [-0.1, -0.05) is 27.5 Å². The number of thioether (sulfide) groups is 1. The lowest BCUT2D eigenvalue weighted by Crippen LogP contribution is -1.97. The molecular formula is C17H10BrClN2O4S. The molecule has 0 aliphatic heterocycles. The first-order valence-electron chi connectivity index (χ1n) is 7.13. The number of carboxylic acids is 1. The van der Waals surface area contributed by atoms with E-state index in [2.05, 4.69) is 26.1 Å². The summed E-state index contributed by atoms with van der Waals surface area (Å²) < 4.78 is 6.21. The van der Waals surface area contributed by atoms with Crippen LogP contribution in [0.25, 0.3) is 17.5 Å². The van der Waals surface area contributed by atoms with Crippen molar-refractivity contribution >= 4 is 51.3 Å². The van der Waals surface area contributed by atoms with Gasteiger partial charge in [0.15, 0.2) is 0 Å². The molecule has 3 rings (SSSR count). The van der Waals surface area contributed by atoms with Crippen LogP contribution >= 0.6 is 39.3 Å².